The highest BCUT2D eigenvalue weighted by Gasteiger charge is 2.23. The molecule has 3 nitrogen and oxygen atoms in total. The highest BCUT2D eigenvalue weighted by atomic mass is 79.9. The standard InChI is InChI=1S/C17H21BrN2O/c1-5-19-17(16-13(18)7-6-8-20-16)15-12(3)9-11(2)10-14(15)21-4/h6-10,17,19H,5H2,1-4H3. The van der Waals surface area contributed by atoms with Crippen LogP contribution in [-0.2, 0) is 0 Å². The highest BCUT2D eigenvalue weighted by molar-refractivity contribution is 9.10. The van der Waals surface area contributed by atoms with Crippen molar-refractivity contribution in [1.29, 1.82) is 0 Å². The molecule has 0 saturated carbocycles. The van der Waals surface area contributed by atoms with Crippen molar-refractivity contribution in [2.24, 2.45) is 0 Å². The summed E-state index contributed by atoms with van der Waals surface area (Å²) in [6, 6.07) is 8.20. The minimum atomic E-state index is 0.00104. The van der Waals surface area contributed by atoms with Gasteiger partial charge in [0.1, 0.15) is 5.75 Å². The quantitative estimate of drug-likeness (QED) is 0.880. The molecule has 2 rings (SSSR count). The van der Waals surface area contributed by atoms with Crippen molar-refractivity contribution in [2.75, 3.05) is 13.7 Å². The van der Waals surface area contributed by atoms with Crippen LogP contribution < -0.4 is 10.1 Å². The van der Waals surface area contributed by atoms with Crippen LogP contribution in [0, 0.1) is 13.8 Å². The summed E-state index contributed by atoms with van der Waals surface area (Å²) in [5.41, 5.74) is 4.52. The fourth-order valence-electron chi connectivity index (χ4n) is 2.63. The Bertz CT molecular complexity index is 628. The number of aromatic nitrogens is 1. The molecule has 1 aromatic carbocycles. The van der Waals surface area contributed by atoms with E-state index in [4.69, 9.17) is 4.74 Å². The van der Waals surface area contributed by atoms with Crippen LogP contribution in [0.15, 0.2) is 34.9 Å². The topological polar surface area (TPSA) is 34.2 Å². The first kappa shape index (κ1) is 16.0. The summed E-state index contributed by atoms with van der Waals surface area (Å²) >= 11 is 3.61. The molecule has 0 fully saturated rings. The van der Waals surface area contributed by atoms with Crippen LogP contribution in [0.2, 0.25) is 0 Å². The molecule has 112 valence electrons. The molecule has 4 heteroatoms. The van der Waals surface area contributed by atoms with Crippen molar-refractivity contribution in [1.82, 2.24) is 10.3 Å². The summed E-state index contributed by atoms with van der Waals surface area (Å²) in [4.78, 5) is 4.55. The van der Waals surface area contributed by atoms with Gasteiger partial charge in [0, 0.05) is 16.2 Å². The van der Waals surface area contributed by atoms with Gasteiger partial charge in [-0.25, -0.2) is 0 Å². The van der Waals surface area contributed by atoms with Crippen LogP contribution in [0.25, 0.3) is 0 Å². The van der Waals surface area contributed by atoms with E-state index in [1.165, 1.54) is 11.1 Å². The molecule has 0 aliphatic heterocycles. The van der Waals surface area contributed by atoms with Crippen molar-refractivity contribution >= 4 is 15.9 Å². The van der Waals surface area contributed by atoms with Crippen LogP contribution in [0.3, 0.4) is 0 Å². The van der Waals surface area contributed by atoms with E-state index in [1.54, 1.807) is 7.11 Å². The summed E-state index contributed by atoms with van der Waals surface area (Å²) in [5.74, 6) is 0.899. The number of hydrogen-bond acceptors (Lipinski definition) is 3. The third-order valence-corrected chi connectivity index (χ3v) is 4.14. The Hall–Kier alpha value is -1.39. The normalized spacial score (nSPS) is 12.2. The predicted octanol–water partition coefficient (Wildman–Crippen LogP) is 4.17. The van der Waals surface area contributed by atoms with Gasteiger partial charge in [-0.05, 0) is 65.6 Å². The number of rotatable bonds is 5. The van der Waals surface area contributed by atoms with E-state index < -0.39 is 0 Å². The number of ether oxygens (including phenoxy) is 1. The van der Waals surface area contributed by atoms with E-state index in [0.717, 1.165) is 28.0 Å². The molecule has 21 heavy (non-hydrogen) atoms. The van der Waals surface area contributed by atoms with Crippen molar-refractivity contribution < 1.29 is 4.74 Å². The molecule has 0 spiro atoms. The Balaban J connectivity index is 2.61. The lowest BCUT2D eigenvalue weighted by Gasteiger charge is -2.23. The van der Waals surface area contributed by atoms with Gasteiger partial charge in [-0.2, -0.15) is 0 Å². The zero-order valence-corrected chi connectivity index (χ0v) is 14.5. The summed E-state index contributed by atoms with van der Waals surface area (Å²) in [6.45, 7) is 7.15. The van der Waals surface area contributed by atoms with E-state index in [1.807, 2.05) is 18.3 Å². The summed E-state index contributed by atoms with van der Waals surface area (Å²) < 4.78 is 6.61. The van der Waals surface area contributed by atoms with Gasteiger partial charge >= 0.3 is 0 Å². The largest absolute Gasteiger partial charge is 0.496 e. The van der Waals surface area contributed by atoms with Crippen LogP contribution >= 0.6 is 15.9 Å². The van der Waals surface area contributed by atoms with Gasteiger partial charge < -0.3 is 10.1 Å². The average Bonchev–Trinajstić information content (AvgIpc) is 2.45. The molecule has 0 aliphatic carbocycles. The van der Waals surface area contributed by atoms with Gasteiger partial charge in [-0.15, -0.1) is 0 Å². The van der Waals surface area contributed by atoms with Crippen LogP contribution in [0.5, 0.6) is 5.75 Å². The molecule has 0 bridgehead atoms. The second kappa shape index (κ2) is 7.05. The molecule has 1 aromatic heterocycles. The maximum atomic E-state index is 5.61. The van der Waals surface area contributed by atoms with Crippen LogP contribution in [0.1, 0.15) is 35.3 Å². The van der Waals surface area contributed by atoms with E-state index in [0.29, 0.717) is 0 Å². The second-order valence-electron chi connectivity index (χ2n) is 5.06. The molecular formula is C17H21BrN2O. The fraction of sp³-hybridized carbons (Fsp3) is 0.353. The number of methoxy groups -OCH3 is 1. The molecule has 0 radical (unpaired) electrons. The number of nitrogens with one attached hydrogen (secondary N) is 1. The van der Waals surface area contributed by atoms with Gasteiger partial charge in [0.25, 0.3) is 0 Å². The number of pyridine rings is 1. The fourth-order valence-corrected chi connectivity index (χ4v) is 3.11. The average molecular weight is 349 g/mol. The Kier molecular flexibility index (Phi) is 5.37. The van der Waals surface area contributed by atoms with Gasteiger partial charge in [-0.3, -0.25) is 4.98 Å². The molecule has 1 N–H and O–H groups in total. The lowest BCUT2D eigenvalue weighted by Crippen LogP contribution is -2.24. The monoisotopic (exact) mass is 348 g/mol. The number of hydrogen-bond donors (Lipinski definition) is 1. The van der Waals surface area contributed by atoms with Crippen molar-refractivity contribution in [3.05, 3.63) is 57.3 Å². The lowest BCUT2D eigenvalue weighted by molar-refractivity contribution is 0.402. The van der Waals surface area contributed by atoms with E-state index in [-0.39, 0.29) is 6.04 Å². The third-order valence-electron chi connectivity index (χ3n) is 3.47. The summed E-state index contributed by atoms with van der Waals surface area (Å²) in [5, 5.41) is 3.52. The van der Waals surface area contributed by atoms with Crippen LogP contribution in [0.4, 0.5) is 0 Å². The number of aryl methyl sites for hydroxylation is 2. The first-order valence-corrected chi connectivity index (χ1v) is 7.86. The number of nitrogens with zero attached hydrogens (tertiary/aromatic N) is 1. The predicted molar refractivity (Wildman–Crippen MR) is 89.9 cm³/mol. The molecule has 2 aromatic rings. The van der Waals surface area contributed by atoms with E-state index >= 15 is 0 Å². The summed E-state index contributed by atoms with van der Waals surface area (Å²) in [6.07, 6.45) is 1.82. The van der Waals surface area contributed by atoms with Gasteiger partial charge in [0.2, 0.25) is 0 Å². The van der Waals surface area contributed by atoms with Gasteiger partial charge in [0.05, 0.1) is 18.8 Å². The molecule has 0 saturated heterocycles. The molecule has 1 unspecified atom stereocenters. The smallest absolute Gasteiger partial charge is 0.124 e. The van der Waals surface area contributed by atoms with Gasteiger partial charge in [0.15, 0.2) is 0 Å². The Morgan fingerprint density at radius 3 is 2.71 bits per heavy atom. The third kappa shape index (κ3) is 3.44. The van der Waals surface area contributed by atoms with Crippen molar-refractivity contribution in [3.63, 3.8) is 0 Å². The molecule has 1 heterocycles. The minimum Gasteiger partial charge on any atom is -0.496 e. The summed E-state index contributed by atoms with van der Waals surface area (Å²) in [7, 11) is 1.72. The van der Waals surface area contributed by atoms with Crippen molar-refractivity contribution in [3.8, 4) is 5.75 Å². The molecule has 1 atom stereocenters. The molecule has 0 aliphatic rings. The van der Waals surface area contributed by atoms with E-state index in [9.17, 15) is 0 Å². The lowest BCUT2D eigenvalue weighted by atomic mass is 9.95. The Labute approximate surface area is 134 Å². The number of benzene rings is 1. The second-order valence-corrected chi connectivity index (χ2v) is 5.91. The molecule has 0 amide bonds. The SMILES string of the molecule is CCNC(c1ncccc1Br)c1c(C)cc(C)cc1OC. The number of halogens is 1. The van der Waals surface area contributed by atoms with Crippen LogP contribution in [-0.4, -0.2) is 18.6 Å². The Morgan fingerprint density at radius 2 is 2.10 bits per heavy atom. The van der Waals surface area contributed by atoms with Gasteiger partial charge in [-0.1, -0.05) is 13.0 Å². The van der Waals surface area contributed by atoms with E-state index in [2.05, 4.69) is 59.1 Å². The highest BCUT2D eigenvalue weighted by Crippen LogP contribution is 2.35. The maximum Gasteiger partial charge on any atom is 0.124 e. The van der Waals surface area contributed by atoms with Crippen molar-refractivity contribution in [2.45, 2.75) is 26.8 Å². The zero-order chi connectivity index (χ0) is 15.4. The molecular weight excluding hydrogens is 328 g/mol. The minimum absolute atomic E-state index is 0.00104. The Morgan fingerprint density at radius 1 is 1.33 bits per heavy atom. The first-order valence-electron chi connectivity index (χ1n) is 7.07. The first-order chi connectivity index (χ1) is 10.1. The zero-order valence-electron chi connectivity index (χ0n) is 12.9. The maximum absolute atomic E-state index is 5.61.